The fourth-order valence-electron chi connectivity index (χ4n) is 4.95. The summed E-state index contributed by atoms with van der Waals surface area (Å²) in [5, 5.41) is 8.84. The van der Waals surface area contributed by atoms with Crippen LogP contribution in [-0.4, -0.2) is 10.2 Å². The number of nitrogens with zero attached hydrogens (tertiary/aromatic N) is 2. The minimum absolute atomic E-state index is 0.116. The molecule has 0 spiro atoms. The van der Waals surface area contributed by atoms with Crippen LogP contribution in [0.1, 0.15) is 102 Å². The first-order valence-corrected chi connectivity index (χ1v) is 12.8. The zero-order valence-corrected chi connectivity index (χ0v) is 19.7. The van der Waals surface area contributed by atoms with Gasteiger partial charge in [0.25, 0.3) is 0 Å². The Balaban J connectivity index is 1.46. The highest BCUT2D eigenvalue weighted by atomic mass is 19.1. The number of hydrogen-bond donors (Lipinski definition) is 0. The molecule has 31 heavy (non-hydrogen) atoms. The summed E-state index contributed by atoms with van der Waals surface area (Å²) in [5.41, 5.74) is 3.45. The van der Waals surface area contributed by atoms with Crippen molar-refractivity contribution in [3.63, 3.8) is 0 Å². The van der Waals surface area contributed by atoms with Crippen LogP contribution in [0.2, 0.25) is 0 Å². The Bertz CT molecular complexity index is 763. The average molecular weight is 425 g/mol. The molecule has 3 rings (SSSR count). The van der Waals surface area contributed by atoms with Crippen molar-refractivity contribution in [1.82, 2.24) is 10.2 Å². The summed E-state index contributed by atoms with van der Waals surface area (Å²) in [6, 6.07) is 9.60. The van der Waals surface area contributed by atoms with Crippen LogP contribution in [0.4, 0.5) is 4.39 Å². The Kier molecular flexibility index (Phi) is 9.96. The molecule has 0 saturated heterocycles. The van der Waals surface area contributed by atoms with E-state index in [-0.39, 0.29) is 5.82 Å². The highest BCUT2D eigenvalue weighted by Gasteiger charge is 2.20. The van der Waals surface area contributed by atoms with Crippen molar-refractivity contribution in [2.75, 3.05) is 0 Å². The minimum atomic E-state index is -0.116. The predicted molar refractivity (Wildman–Crippen MR) is 129 cm³/mol. The van der Waals surface area contributed by atoms with Gasteiger partial charge in [0.15, 0.2) is 0 Å². The summed E-state index contributed by atoms with van der Waals surface area (Å²) in [7, 11) is 0. The van der Waals surface area contributed by atoms with Crippen LogP contribution in [0.15, 0.2) is 30.3 Å². The minimum Gasteiger partial charge on any atom is -0.207 e. The number of hydrogen-bond acceptors (Lipinski definition) is 2. The van der Waals surface area contributed by atoms with Crippen molar-refractivity contribution in [2.45, 2.75) is 104 Å². The Morgan fingerprint density at radius 2 is 1.52 bits per heavy atom. The molecule has 1 aromatic carbocycles. The van der Waals surface area contributed by atoms with E-state index in [0.29, 0.717) is 0 Å². The summed E-state index contributed by atoms with van der Waals surface area (Å²) < 4.78 is 14.5. The van der Waals surface area contributed by atoms with Crippen LogP contribution in [-0.2, 0) is 12.8 Å². The van der Waals surface area contributed by atoms with Crippen molar-refractivity contribution in [1.29, 1.82) is 0 Å². The maximum absolute atomic E-state index is 14.5. The first-order valence-electron chi connectivity index (χ1n) is 12.8. The van der Waals surface area contributed by atoms with Gasteiger partial charge in [0.1, 0.15) is 5.82 Å². The largest absolute Gasteiger partial charge is 0.207 e. The lowest BCUT2D eigenvalue weighted by Crippen LogP contribution is -2.15. The second kappa shape index (κ2) is 12.9. The molecule has 0 N–H and O–H groups in total. The third kappa shape index (κ3) is 7.70. The highest BCUT2D eigenvalue weighted by molar-refractivity contribution is 5.59. The highest BCUT2D eigenvalue weighted by Crippen LogP contribution is 2.34. The van der Waals surface area contributed by atoms with Crippen LogP contribution in [0, 0.1) is 17.7 Å². The Hall–Kier alpha value is -1.77. The van der Waals surface area contributed by atoms with Crippen molar-refractivity contribution >= 4 is 0 Å². The summed E-state index contributed by atoms with van der Waals surface area (Å²) in [6.45, 7) is 4.49. The van der Waals surface area contributed by atoms with Gasteiger partial charge < -0.3 is 0 Å². The molecular weight excluding hydrogens is 383 g/mol. The van der Waals surface area contributed by atoms with Gasteiger partial charge in [0.05, 0.1) is 11.4 Å². The molecule has 1 heterocycles. The number of rotatable bonds is 12. The second-order valence-corrected chi connectivity index (χ2v) is 9.59. The van der Waals surface area contributed by atoms with Gasteiger partial charge in [-0.2, -0.15) is 10.2 Å². The van der Waals surface area contributed by atoms with E-state index in [1.165, 1.54) is 70.6 Å². The molecule has 0 aliphatic heterocycles. The lowest BCUT2D eigenvalue weighted by atomic mass is 9.78. The first kappa shape index (κ1) is 23.9. The summed E-state index contributed by atoms with van der Waals surface area (Å²) in [6.07, 6.45) is 17.4. The molecule has 1 aromatic heterocycles. The van der Waals surface area contributed by atoms with Gasteiger partial charge in [-0.3, -0.25) is 0 Å². The van der Waals surface area contributed by atoms with E-state index < -0.39 is 0 Å². The zero-order valence-electron chi connectivity index (χ0n) is 19.7. The van der Waals surface area contributed by atoms with E-state index in [1.807, 2.05) is 18.2 Å². The second-order valence-electron chi connectivity index (χ2n) is 9.59. The average Bonchev–Trinajstić information content (AvgIpc) is 2.81. The number of aryl methyl sites for hydroxylation is 2. The third-order valence-electron chi connectivity index (χ3n) is 7.11. The van der Waals surface area contributed by atoms with E-state index in [1.54, 1.807) is 6.07 Å². The van der Waals surface area contributed by atoms with Gasteiger partial charge in [-0.25, -0.2) is 4.39 Å². The molecule has 0 atom stereocenters. The third-order valence-corrected chi connectivity index (χ3v) is 7.11. The number of aromatic nitrogens is 2. The molecule has 1 saturated carbocycles. The maximum atomic E-state index is 14.5. The summed E-state index contributed by atoms with van der Waals surface area (Å²) in [5.74, 6) is 1.70. The predicted octanol–water partition coefficient (Wildman–Crippen LogP) is 8.33. The van der Waals surface area contributed by atoms with Crippen LogP contribution >= 0.6 is 0 Å². The molecule has 1 aliphatic rings. The molecular formula is C28H41FN2. The Labute approximate surface area is 189 Å². The molecule has 0 radical (unpaired) electrons. The van der Waals surface area contributed by atoms with Crippen LogP contribution in [0.5, 0.6) is 0 Å². The van der Waals surface area contributed by atoms with Crippen molar-refractivity contribution in [3.05, 3.63) is 47.4 Å². The summed E-state index contributed by atoms with van der Waals surface area (Å²) >= 11 is 0. The van der Waals surface area contributed by atoms with E-state index in [2.05, 4.69) is 30.1 Å². The van der Waals surface area contributed by atoms with Gasteiger partial charge in [0.2, 0.25) is 0 Å². The van der Waals surface area contributed by atoms with Gasteiger partial charge in [-0.1, -0.05) is 90.2 Å². The standard InChI is InChI=1S/C28H41FN2/c1-3-5-7-8-10-24-16-17-25(21-27(24)29)28-20-19-26(30-31-28)18-15-23-13-11-22(12-14-23)9-6-4-2/h16-17,19-23H,3-15,18H2,1-2H3. The molecule has 2 nitrogen and oxygen atoms in total. The molecule has 0 unspecified atom stereocenters. The lowest BCUT2D eigenvalue weighted by Gasteiger charge is -2.28. The normalized spacial score (nSPS) is 18.9. The molecule has 0 amide bonds. The Morgan fingerprint density at radius 3 is 2.16 bits per heavy atom. The maximum Gasteiger partial charge on any atom is 0.127 e. The van der Waals surface area contributed by atoms with Crippen molar-refractivity contribution < 1.29 is 4.39 Å². The monoisotopic (exact) mass is 424 g/mol. The molecule has 2 aromatic rings. The van der Waals surface area contributed by atoms with Crippen LogP contribution < -0.4 is 0 Å². The number of benzene rings is 1. The number of unbranched alkanes of at least 4 members (excludes halogenated alkanes) is 4. The molecule has 0 bridgehead atoms. The molecule has 170 valence electrons. The van der Waals surface area contributed by atoms with E-state index in [4.69, 9.17) is 0 Å². The van der Waals surface area contributed by atoms with E-state index in [9.17, 15) is 4.39 Å². The van der Waals surface area contributed by atoms with E-state index >= 15 is 0 Å². The topological polar surface area (TPSA) is 25.8 Å². The van der Waals surface area contributed by atoms with Gasteiger partial charge >= 0.3 is 0 Å². The molecule has 1 aliphatic carbocycles. The first-order chi connectivity index (χ1) is 15.2. The van der Waals surface area contributed by atoms with Gasteiger partial charge in [-0.05, 0) is 61.3 Å². The molecule has 1 fully saturated rings. The smallest absolute Gasteiger partial charge is 0.127 e. The SMILES string of the molecule is CCCCCCc1ccc(-c2ccc(CCC3CCC(CCCC)CC3)nn2)cc1F. The van der Waals surface area contributed by atoms with Crippen LogP contribution in [0.25, 0.3) is 11.3 Å². The van der Waals surface area contributed by atoms with Gasteiger partial charge in [-0.15, -0.1) is 0 Å². The van der Waals surface area contributed by atoms with Crippen molar-refractivity contribution in [3.8, 4) is 11.3 Å². The fraction of sp³-hybridized carbons (Fsp3) is 0.643. The van der Waals surface area contributed by atoms with E-state index in [0.717, 1.165) is 53.6 Å². The lowest BCUT2D eigenvalue weighted by molar-refractivity contribution is 0.249. The molecule has 3 heteroatoms. The quantitative estimate of drug-likeness (QED) is 0.320. The Morgan fingerprint density at radius 1 is 0.774 bits per heavy atom. The number of halogens is 1. The summed E-state index contributed by atoms with van der Waals surface area (Å²) in [4.78, 5) is 0. The zero-order chi connectivity index (χ0) is 21.9. The van der Waals surface area contributed by atoms with Crippen LogP contribution in [0.3, 0.4) is 0 Å². The van der Waals surface area contributed by atoms with Crippen molar-refractivity contribution in [2.24, 2.45) is 11.8 Å². The van der Waals surface area contributed by atoms with Gasteiger partial charge in [0, 0.05) is 5.56 Å². The fourth-order valence-corrected chi connectivity index (χ4v) is 4.95.